The van der Waals surface area contributed by atoms with Gasteiger partial charge in [-0.25, -0.2) is 0 Å². The van der Waals surface area contributed by atoms with E-state index in [4.69, 9.17) is 4.74 Å². The third-order valence-corrected chi connectivity index (χ3v) is 2.25. The molecule has 0 N–H and O–H groups in total. The summed E-state index contributed by atoms with van der Waals surface area (Å²) < 4.78 is 9.78. The van der Waals surface area contributed by atoms with E-state index in [2.05, 4.69) is 4.74 Å². The molecule has 0 fully saturated rings. The zero-order chi connectivity index (χ0) is 12.7. The summed E-state index contributed by atoms with van der Waals surface area (Å²) in [5.41, 5.74) is 0.555. The van der Waals surface area contributed by atoms with Gasteiger partial charge in [0.2, 0.25) is 0 Å². The first kappa shape index (κ1) is 13.2. The molecule has 4 heteroatoms. The Balaban J connectivity index is 2.62. The molecule has 0 bridgehead atoms. The summed E-state index contributed by atoms with van der Waals surface area (Å²) in [5.74, 6) is 0.202. The Hall–Kier alpha value is -1.84. The van der Waals surface area contributed by atoms with Crippen LogP contribution in [-0.4, -0.2) is 25.5 Å². The Morgan fingerprint density at radius 1 is 1.24 bits per heavy atom. The van der Waals surface area contributed by atoms with E-state index in [9.17, 15) is 9.59 Å². The normalized spacial score (nSPS) is 9.76. The molecule has 0 saturated carbocycles. The van der Waals surface area contributed by atoms with E-state index in [0.29, 0.717) is 17.9 Å². The van der Waals surface area contributed by atoms with E-state index in [1.54, 1.807) is 24.3 Å². The van der Waals surface area contributed by atoms with Gasteiger partial charge in [0.1, 0.15) is 5.75 Å². The quantitative estimate of drug-likeness (QED) is 0.561. The molecule has 0 amide bonds. The number of ketones is 1. The second-order valence-electron chi connectivity index (χ2n) is 3.46. The third-order valence-electron chi connectivity index (χ3n) is 2.25. The van der Waals surface area contributed by atoms with Gasteiger partial charge in [0.25, 0.3) is 0 Å². The van der Waals surface area contributed by atoms with Crippen LogP contribution in [0.3, 0.4) is 0 Å². The van der Waals surface area contributed by atoms with Gasteiger partial charge in [-0.3, -0.25) is 9.59 Å². The number of ether oxygens (including phenoxy) is 2. The first-order chi connectivity index (χ1) is 8.17. The zero-order valence-corrected chi connectivity index (χ0v) is 10.1. The number of hydrogen-bond acceptors (Lipinski definition) is 4. The van der Waals surface area contributed by atoms with E-state index in [1.807, 2.05) is 6.92 Å². The second-order valence-corrected chi connectivity index (χ2v) is 3.46. The first-order valence-electron chi connectivity index (χ1n) is 5.50. The van der Waals surface area contributed by atoms with Gasteiger partial charge < -0.3 is 9.47 Å². The monoisotopic (exact) mass is 236 g/mol. The van der Waals surface area contributed by atoms with E-state index in [0.717, 1.165) is 0 Å². The molecule has 0 aliphatic heterocycles. The van der Waals surface area contributed by atoms with Gasteiger partial charge in [-0.15, -0.1) is 0 Å². The highest BCUT2D eigenvalue weighted by Gasteiger charge is 2.10. The lowest BCUT2D eigenvalue weighted by Gasteiger charge is -2.05. The minimum atomic E-state index is -0.376. The zero-order valence-electron chi connectivity index (χ0n) is 10.1. The number of hydrogen-bond donors (Lipinski definition) is 0. The lowest BCUT2D eigenvalue weighted by atomic mass is 10.1. The number of Topliss-reactive ketones (excluding diaryl/α,β-unsaturated/α-hetero) is 1. The van der Waals surface area contributed by atoms with Gasteiger partial charge >= 0.3 is 5.97 Å². The van der Waals surface area contributed by atoms with Crippen LogP contribution in [0.2, 0.25) is 0 Å². The van der Waals surface area contributed by atoms with E-state index in [-0.39, 0.29) is 24.6 Å². The van der Waals surface area contributed by atoms with Crippen LogP contribution in [0.1, 0.15) is 30.1 Å². The average molecular weight is 236 g/mol. The Bertz CT molecular complexity index is 398. The summed E-state index contributed by atoms with van der Waals surface area (Å²) in [6, 6.07) is 6.95. The van der Waals surface area contributed by atoms with Crippen molar-refractivity contribution >= 4 is 11.8 Å². The summed E-state index contributed by atoms with van der Waals surface area (Å²) in [5, 5.41) is 0. The van der Waals surface area contributed by atoms with Crippen molar-refractivity contribution in [2.24, 2.45) is 0 Å². The fourth-order valence-corrected chi connectivity index (χ4v) is 1.39. The SMILES string of the molecule is CCOc1cccc(C(=O)CCC(=O)OC)c1. The molecule has 0 aliphatic rings. The van der Waals surface area contributed by atoms with Gasteiger partial charge in [0.15, 0.2) is 5.78 Å². The molecule has 1 aromatic carbocycles. The summed E-state index contributed by atoms with van der Waals surface area (Å²) in [7, 11) is 1.31. The molecule has 0 aromatic heterocycles. The summed E-state index contributed by atoms with van der Waals surface area (Å²) >= 11 is 0. The number of esters is 1. The summed E-state index contributed by atoms with van der Waals surface area (Å²) in [6.45, 7) is 2.44. The van der Waals surface area contributed by atoms with Crippen LogP contribution in [0.4, 0.5) is 0 Å². The van der Waals surface area contributed by atoms with Crippen LogP contribution in [0.25, 0.3) is 0 Å². The van der Waals surface area contributed by atoms with E-state index < -0.39 is 0 Å². The topological polar surface area (TPSA) is 52.6 Å². The molecule has 4 nitrogen and oxygen atoms in total. The number of methoxy groups -OCH3 is 1. The minimum absolute atomic E-state index is 0.0862. The summed E-state index contributed by atoms with van der Waals surface area (Å²) in [4.78, 5) is 22.7. The molecule has 0 radical (unpaired) electrons. The van der Waals surface area contributed by atoms with E-state index in [1.165, 1.54) is 7.11 Å². The van der Waals surface area contributed by atoms with Crippen LogP contribution >= 0.6 is 0 Å². The van der Waals surface area contributed by atoms with Gasteiger partial charge in [-0.05, 0) is 19.1 Å². The number of benzene rings is 1. The highest BCUT2D eigenvalue weighted by Crippen LogP contribution is 2.15. The Kier molecular flexibility index (Phi) is 5.20. The maximum Gasteiger partial charge on any atom is 0.305 e. The lowest BCUT2D eigenvalue weighted by molar-refractivity contribution is -0.140. The molecule has 0 spiro atoms. The highest BCUT2D eigenvalue weighted by molar-refractivity contribution is 5.97. The molecular weight excluding hydrogens is 220 g/mol. The molecule has 0 aliphatic carbocycles. The van der Waals surface area contributed by atoms with Crippen LogP contribution in [-0.2, 0) is 9.53 Å². The predicted molar refractivity (Wildman–Crippen MR) is 63.2 cm³/mol. The van der Waals surface area contributed by atoms with Crippen molar-refractivity contribution in [2.45, 2.75) is 19.8 Å². The van der Waals surface area contributed by atoms with Crippen molar-refractivity contribution in [2.75, 3.05) is 13.7 Å². The Labute approximate surface area is 101 Å². The van der Waals surface area contributed by atoms with Crippen LogP contribution in [0.15, 0.2) is 24.3 Å². The number of carbonyl (C=O) groups excluding carboxylic acids is 2. The lowest BCUT2D eigenvalue weighted by Crippen LogP contribution is -2.06. The van der Waals surface area contributed by atoms with Crippen molar-refractivity contribution in [3.05, 3.63) is 29.8 Å². The third kappa shape index (κ3) is 4.26. The van der Waals surface area contributed by atoms with Crippen molar-refractivity contribution in [3.8, 4) is 5.75 Å². The smallest absolute Gasteiger partial charge is 0.305 e. The predicted octanol–water partition coefficient (Wildman–Crippen LogP) is 2.22. The van der Waals surface area contributed by atoms with Gasteiger partial charge in [-0.1, -0.05) is 12.1 Å². The van der Waals surface area contributed by atoms with Crippen LogP contribution in [0, 0.1) is 0 Å². The van der Waals surface area contributed by atoms with Gasteiger partial charge in [0, 0.05) is 12.0 Å². The maximum atomic E-state index is 11.8. The van der Waals surface area contributed by atoms with Crippen molar-refractivity contribution in [1.29, 1.82) is 0 Å². The molecule has 0 heterocycles. The fraction of sp³-hybridized carbons (Fsp3) is 0.385. The molecule has 0 saturated heterocycles. The number of carbonyl (C=O) groups is 2. The maximum absolute atomic E-state index is 11.8. The Morgan fingerprint density at radius 3 is 2.65 bits per heavy atom. The molecule has 1 rings (SSSR count). The molecule has 0 atom stereocenters. The average Bonchev–Trinajstić information content (AvgIpc) is 2.36. The van der Waals surface area contributed by atoms with Crippen molar-refractivity contribution < 1.29 is 19.1 Å². The summed E-state index contributed by atoms with van der Waals surface area (Å²) in [6.07, 6.45) is 0.260. The van der Waals surface area contributed by atoms with Crippen molar-refractivity contribution in [1.82, 2.24) is 0 Å². The fourth-order valence-electron chi connectivity index (χ4n) is 1.39. The molecule has 17 heavy (non-hydrogen) atoms. The van der Waals surface area contributed by atoms with Crippen LogP contribution < -0.4 is 4.74 Å². The first-order valence-corrected chi connectivity index (χ1v) is 5.50. The molecule has 1 aromatic rings. The molecule has 92 valence electrons. The largest absolute Gasteiger partial charge is 0.494 e. The van der Waals surface area contributed by atoms with Gasteiger partial charge in [-0.2, -0.15) is 0 Å². The van der Waals surface area contributed by atoms with Crippen molar-refractivity contribution in [3.63, 3.8) is 0 Å². The van der Waals surface area contributed by atoms with Gasteiger partial charge in [0.05, 0.1) is 20.1 Å². The second kappa shape index (κ2) is 6.68. The molecule has 0 unspecified atom stereocenters. The molecular formula is C13H16O4. The van der Waals surface area contributed by atoms with E-state index >= 15 is 0 Å². The Morgan fingerprint density at radius 2 is 2.00 bits per heavy atom. The highest BCUT2D eigenvalue weighted by atomic mass is 16.5. The standard InChI is InChI=1S/C13H16O4/c1-3-17-11-6-4-5-10(9-11)12(14)7-8-13(15)16-2/h4-6,9H,3,7-8H2,1-2H3. The minimum Gasteiger partial charge on any atom is -0.494 e. The van der Waals surface area contributed by atoms with Crippen LogP contribution in [0.5, 0.6) is 5.75 Å². The number of rotatable bonds is 6.